The van der Waals surface area contributed by atoms with Gasteiger partial charge in [-0.2, -0.15) is 0 Å². The van der Waals surface area contributed by atoms with Crippen molar-refractivity contribution in [3.05, 3.63) is 11.3 Å². The van der Waals surface area contributed by atoms with Crippen LogP contribution in [-0.2, 0) is 13.0 Å². The van der Waals surface area contributed by atoms with Crippen LogP contribution in [0.4, 0.5) is 5.82 Å². The van der Waals surface area contributed by atoms with Crippen molar-refractivity contribution in [3.63, 3.8) is 0 Å². The van der Waals surface area contributed by atoms with E-state index in [1.807, 2.05) is 0 Å². The first-order valence-corrected chi connectivity index (χ1v) is 8.50. The van der Waals surface area contributed by atoms with Gasteiger partial charge >= 0.3 is 0 Å². The summed E-state index contributed by atoms with van der Waals surface area (Å²) in [6.07, 6.45) is 8.40. The summed E-state index contributed by atoms with van der Waals surface area (Å²) in [5, 5.41) is 4.39. The molecule has 0 spiro atoms. The first kappa shape index (κ1) is 13.2. The largest absolute Gasteiger partial charge is 0.356 e. The lowest BCUT2D eigenvalue weighted by atomic mass is 10.1. The second kappa shape index (κ2) is 6.09. The van der Waals surface area contributed by atoms with Crippen molar-refractivity contribution in [2.24, 2.45) is 0 Å². The Hall–Kier alpha value is -0.810. The first-order valence-electron chi connectivity index (χ1n) is 7.28. The summed E-state index contributed by atoms with van der Waals surface area (Å²) in [4.78, 5) is 12.0. The Balaban J connectivity index is 1.97. The fraction of sp³-hybridized carbons (Fsp3) is 0.714. The second-order valence-corrected chi connectivity index (χ2v) is 6.06. The number of aromatic nitrogens is 2. The minimum atomic E-state index is 0.926. The molecule has 0 aliphatic carbocycles. The average molecular weight is 278 g/mol. The maximum Gasteiger partial charge on any atom is 0.189 e. The lowest BCUT2D eigenvalue weighted by molar-refractivity contribution is 0.609. The molecule has 1 aromatic heterocycles. The van der Waals surface area contributed by atoms with Crippen molar-refractivity contribution in [1.82, 2.24) is 15.3 Å². The van der Waals surface area contributed by atoms with Crippen molar-refractivity contribution in [2.45, 2.75) is 43.8 Å². The van der Waals surface area contributed by atoms with Crippen LogP contribution in [0, 0.1) is 0 Å². The number of hydrogen-bond donors (Lipinski definition) is 1. The summed E-state index contributed by atoms with van der Waals surface area (Å²) >= 11 is 1.66. The van der Waals surface area contributed by atoms with E-state index in [0.29, 0.717) is 0 Å². The molecule has 104 valence electrons. The van der Waals surface area contributed by atoms with Crippen LogP contribution in [0.2, 0.25) is 0 Å². The quantitative estimate of drug-likeness (QED) is 0.663. The zero-order chi connectivity index (χ0) is 13.1. The van der Waals surface area contributed by atoms with Gasteiger partial charge in [0.05, 0.1) is 5.69 Å². The first-order chi connectivity index (χ1) is 9.38. The van der Waals surface area contributed by atoms with E-state index in [0.717, 1.165) is 37.8 Å². The zero-order valence-electron chi connectivity index (χ0n) is 11.6. The molecule has 2 aliphatic heterocycles. The molecule has 0 radical (unpaired) electrons. The van der Waals surface area contributed by atoms with Crippen LogP contribution < -0.4 is 10.2 Å². The molecule has 3 heterocycles. The van der Waals surface area contributed by atoms with Gasteiger partial charge in [-0.05, 0) is 19.1 Å². The average Bonchev–Trinajstić information content (AvgIpc) is 2.75. The van der Waals surface area contributed by atoms with E-state index in [4.69, 9.17) is 9.97 Å². The van der Waals surface area contributed by atoms with Crippen LogP contribution in [0.5, 0.6) is 0 Å². The van der Waals surface area contributed by atoms with Crippen molar-refractivity contribution in [2.75, 3.05) is 30.8 Å². The van der Waals surface area contributed by atoms with Gasteiger partial charge in [0.1, 0.15) is 5.82 Å². The molecule has 0 bridgehead atoms. The van der Waals surface area contributed by atoms with E-state index >= 15 is 0 Å². The summed E-state index contributed by atoms with van der Waals surface area (Å²) in [5.74, 6) is 1.20. The van der Waals surface area contributed by atoms with Gasteiger partial charge in [-0.25, -0.2) is 9.97 Å². The predicted molar refractivity (Wildman–Crippen MR) is 79.9 cm³/mol. The Morgan fingerprint density at radius 3 is 2.63 bits per heavy atom. The Morgan fingerprint density at radius 2 is 1.89 bits per heavy atom. The normalized spacial score (nSPS) is 19.9. The van der Waals surface area contributed by atoms with Crippen LogP contribution >= 0.6 is 11.8 Å². The van der Waals surface area contributed by atoms with E-state index in [9.17, 15) is 0 Å². The zero-order valence-corrected chi connectivity index (χ0v) is 12.4. The highest BCUT2D eigenvalue weighted by molar-refractivity contribution is 7.98. The van der Waals surface area contributed by atoms with Crippen LogP contribution in [0.1, 0.15) is 36.9 Å². The molecule has 1 aromatic rings. The fourth-order valence-electron chi connectivity index (χ4n) is 2.94. The number of nitrogens with one attached hydrogen (secondary N) is 1. The molecule has 0 aromatic carbocycles. The van der Waals surface area contributed by atoms with Crippen LogP contribution in [0.15, 0.2) is 5.16 Å². The van der Waals surface area contributed by atoms with E-state index in [2.05, 4.69) is 16.5 Å². The van der Waals surface area contributed by atoms with Gasteiger partial charge in [-0.3, -0.25) is 0 Å². The molecule has 0 saturated carbocycles. The minimum absolute atomic E-state index is 0.926. The molecule has 0 unspecified atom stereocenters. The highest BCUT2D eigenvalue weighted by Gasteiger charge is 2.21. The van der Waals surface area contributed by atoms with Crippen molar-refractivity contribution < 1.29 is 0 Å². The summed E-state index contributed by atoms with van der Waals surface area (Å²) in [6, 6.07) is 0. The molecular formula is C14H22N4S. The van der Waals surface area contributed by atoms with Gasteiger partial charge in [0.25, 0.3) is 0 Å². The number of thioether (sulfide) groups is 1. The monoisotopic (exact) mass is 278 g/mol. The standard InChI is InChI=1S/C14H22N4S/c1-19-14-16-12-6-7-15-10-11(12)13(17-14)18-8-4-2-3-5-9-18/h15H,2-10H2,1H3. The highest BCUT2D eigenvalue weighted by atomic mass is 32.2. The number of anilines is 1. The van der Waals surface area contributed by atoms with Crippen LogP contribution in [-0.4, -0.2) is 35.9 Å². The molecule has 4 nitrogen and oxygen atoms in total. The van der Waals surface area contributed by atoms with E-state index < -0.39 is 0 Å². The highest BCUT2D eigenvalue weighted by Crippen LogP contribution is 2.27. The fourth-order valence-corrected chi connectivity index (χ4v) is 3.32. The van der Waals surface area contributed by atoms with Crippen LogP contribution in [0.25, 0.3) is 0 Å². The molecule has 2 aliphatic rings. The van der Waals surface area contributed by atoms with E-state index in [-0.39, 0.29) is 0 Å². The summed E-state index contributed by atoms with van der Waals surface area (Å²) in [7, 11) is 0. The topological polar surface area (TPSA) is 41.1 Å². The summed E-state index contributed by atoms with van der Waals surface area (Å²) in [5.41, 5.74) is 2.60. The molecule has 0 atom stereocenters. The number of hydrogen-bond acceptors (Lipinski definition) is 5. The van der Waals surface area contributed by atoms with Crippen molar-refractivity contribution in [1.29, 1.82) is 0 Å². The second-order valence-electron chi connectivity index (χ2n) is 5.29. The third kappa shape index (κ3) is 2.87. The van der Waals surface area contributed by atoms with Gasteiger partial charge in [0.15, 0.2) is 5.16 Å². The molecule has 5 heteroatoms. The van der Waals surface area contributed by atoms with Gasteiger partial charge in [0.2, 0.25) is 0 Å². The molecule has 19 heavy (non-hydrogen) atoms. The van der Waals surface area contributed by atoms with Gasteiger partial charge in [0, 0.05) is 38.2 Å². The van der Waals surface area contributed by atoms with Crippen molar-refractivity contribution >= 4 is 17.6 Å². The molecule has 1 N–H and O–H groups in total. The SMILES string of the molecule is CSc1nc2c(c(N3CCCCCC3)n1)CNCC2. The Kier molecular flexibility index (Phi) is 4.23. The minimum Gasteiger partial charge on any atom is -0.356 e. The van der Waals surface area contributed by atoms with Gasteiger partial charge in [-0.15, -0.1) is 0 Å². The molecule has 1 saturated heterocycles. The Labute approximate surface area is 119 Å². The number of nitrogens with zero attached hydrogens (tertiary/aromatic N) is 3. The smallest absolute Gasteiger partial charge is 0.189 e. The third-order valence-corrected chi connectivity index (χ3v) is 4.53. The molecule has 0 amide bonds. The predicted octanol–water partition coefficient (Wildman–Crippen LogP) is 2.22. The molecule has 3 rings (SSSR count). The van der Waals surface area contributed by atoms with Crippen LogP contribution in [0.3, 0.4) is 0 Å². The van der Waals surface area contributed by atoms with Gasteiger partial charge in [-0.1, -0.05) is 24.6 Å². The Bertz CT molecular complexity index is 441. The number of fused-ring (bicyclic) bond motifs is 1. The lowest BCUT2D eigenvalue weighted by Crippen LogP contribution is -2.32. The summed E-state index contributed by atoms with van der Waals surface area (Å²) < 4.78 is 0. The molecule has 1 fully saturated rings. The third-order valence-electron chi connectivity index (χ3n) is 3.98. The summed E-state index contributed by atoms with van der Waals surface area (Å²) in [6.45, 7) is 4.27. The lowest BCUT2D eigenvalue weighted by Gasteiger charge is -2.27. The maximum absolute atomic E-state index is 4.81. The Morgan fingerprint density at radius 1 is 1.11 bits per heavy atom. The number of rotatable bonds is 2. The molecular weight excluding hydrogens is 256 g/mol. The van der Waals surface area contributed by atoms with Crippen molar-refractivity contribution in [3.8, 4) is 0 Å². The van der Waals surface area contributed by atoms with Gasteiger partial charge < -0.3 is 10.2 Å². The van der Waals surface area contributed by atoms with E-state index in [1.165, 1.54) is 42.8 Å². The van der Waals surface area contributed by atoms with E-state index in [1.54, 1.807) is 11.8 Å². The maximum atomic E-state index is 4.81.